The standard InChI is InChI=1S/C13H15N3O2S2/c1-20(17,18)10-9-19-13-14-12(15-16-13)8-7-11-5-3-2-4-6-11/h2-8H,9-10H2,1H3,(H,14,15,16)/b8-7+. The first-order valence-electron chi connectivity index (χ1n) is 5.99. The van der Waals surface area contributed by atoms with Gasteiger partial charge in [-0.2, -0.15) is 0 Å². The van der Waals surface area contributed by atoms with E-state index in [2.05, 4.69) is 15.2 Å². The maximum Gasteiger partial charge on any atom is 0.208 e. The van der Waals surface area contributed by atoms with E-state index in [1.807, 2.05) is 42.5 Å². The molecule has 0 spiro atoms. The Morgan fingerprint density at radius 2 is 2.00 bits per heavy atom. The zero-order valence-corrected chi connectivity index (χ0v) is 12.6. The van der Waals surface area contributed by atoms with Gasteiger partial charge in [-0.15, -0.1) is 5.10 Å². The van der Waals surface area contributed by atoms with Crippen LogP contribution < -0.4 is 0 Å². The normalized spacial score (nSPS) is 12.1. The van der Waals surface area contributed by atoms with E-state index in [1.165, 1.54) is 18.0 Å². The first-order valence-corrected chi connectivity index (χ1v) is 9.03. The van der Waals surface area contributed by atoms with Crippen molar-refractivity contribution in [3.63, 3.8) is 0 Å². The second-order valence-corrected chi connectivity index (χ2v) is 7.55. The van der Waals surface area contributed by atoms with Crippen molar-refractivity contribution in [3.8, 4) is 0 Å². The van der Waals surface area contributed by atoms with Crippen LogP contribution in [0.2, 0.25) is 0 Å². The number of nitrogens with zero attached hydrogens (tertiary/aromatic N) is 2. The van der Waals surface area contributed by atoms with Crippen molar-refractivity contribution in [1.29, 1.82) is 0 Å². The molecule has 1 N–H and O–H groups in total. The average molecular weight is 309 g/mol. The first-order chi connectivity index (χ1) is 9.53. The summed E-state index contributed by atoms with van der Waals surface area (Å²) in [6, 6.07) is 9.88. The summed E-state index contributed by atoms with van der Waals surface area (Å²) in [4.78, 5) is 4.26. The van der Waals surface area contributed by atoms with Crippen molar-refractivity contribution in [1.82, 2.24) is 15.2 Å². The molecule has 0 aliphatic rings. The van der Waals surface area contributed by atoms with Gasteiger partial charge in [-0.1, -0.05) is 48.2 Å². The summed E-state index contributed by atoms with van der Waals surface area (Å²) in [5, 5.41) is 7.39. The largest absolute Gasteiger partial charge is 0.259 e. The molecule has 0 aliphatic heterocycles. The Hall–Kier alpha value is -1.60. The van der Waals surface area contributed by atoms with Crippen molar-refractivity contribution in [2.45, 2.75) is 5.16 Å². The minimum absolute atomic E-state index is 0.126. The van der Waals surface area contributed by atoms with Crippen LogP contribution in [0.3, 0.4) is 0 Å². The van der Waals surface area contributed by atoms with Crippen molar-refractivity contribution >= 4 is 33.8 Å². The maximum atomic E-state index is 11.0. The molecule has 20 heavy (non-hydrogen) atoms. The van der Waals surface area contributed by atoms with Crippen LogP contribution in [0.25, 0.3) is 12.2 Å². The molecule has 0 atom stereocenters. The second-order valence-electron chi connectivity index (χ2n) is 4.23. The number of nitrogens with one attached hydrogen (secondary N) is 1. The van der Waals surface area contributed by atoms with E-state index < -0.39 is 9.84 Å². The van der Waals surface area contributed by atoms with Crippen LogP contribution in [0.4, 0.5) is 0 Å². The number of aromatic amines is 1. The molecule has 0 saturated carbocycles. The lowest BCUT2D eigenvalue weighted by atomic mass is 10.2. The summed E-state index contributed by atoms with van der Waals surface area (Å²) < 4.78 is 22.0. The Morgan fingerprint density at radius 3 is 2.70 bits per heavy atom. The zero-order valence-electron chi connectivity index (χ0n) is 11.0. The number of aromatic nitrogens is 3. The van der Waals surface area contributed by atoms with E-state index in [1.54, 1.807) is 0 Å². The molecule has 5 nitrogen and oxygen atoms in total. The number of hydrogen-bond donors (Lipinski definition) is 1. The minimum atomic E-state index is -2.93. The Morgan fingerprint density at radius 1 is 1.25 bits per heavy atom. The maximum absolute atomic E-state index is 11.0. The van der Waals surface area contributed by atoms with Crippen molar-refractivity contribution in [2.24, 2.45) is 0 Å². The molecule has 0 fully saturated rings. The summed E-state index contributed by atoms with van der Waals surface area (Å²) in [5.41, 5.74) is 1.08. The van der Waals surface area contributed by atoms with Crippen molar-refractivity contribution in [2.75, 3.05) is 17.8 Å². The quantitative estimate of drug-likeness (QED) is 0.827. The number of thioether (sulfide) groups is 1. The Labute approximate surface area is 122 Å². The average Bonchev–Trinajstić information content (AvgIpc) is 2.84. The molecule has 0 amide bonds. The predicted molar refractivity (Wildman–Crippen MR) is 82.2 cm³/mol. The number of sulfone groups is 1. The van der Waals surface area contributed by atoms with E-state index in [-0.39, 0.29) is 5.75 Å². The summed E-state index contributed by atoms with van der Waals surface area (Å²) in [6.45, 7) is 0. The van der Waals surface area contributed by atoms with E-state index in [0.717, 1.165) is 5.56 Å². The van der Waals surface area contributed by atoms with Gasteiger partial charge in [-0.05, 0) is 11.6 Å². The number of hydrogen-bond acceptors (Lipinski definition) is 5. The van der Waals surface area contributed by atoms with Crippen LogP contribution in [0.5, 0.6) is 0 Å². The van der Waals surface area contributed by atoms with Gasteiger partial charge in [-0.25, -0.2) is 13.4 Å². The molecule has 1 aromatic heterocycles. The summed E-state index contributed by atoms with van der Waals surface area (Å²) >= 11 is 1.32. The minimum Gasteiger partial charge on any atom is -0.259 e. The highest BCUT2D eigenvalue weighted by Gasteiger charge is 2.05. The Bertz CT molecular complexity index is 679. The monoisotopic (exact) mass is 309 g/mol. The van der Waals surface area contributed by atoms with Gasteiger partial charge in [-0.3, -0.25) is 5.10 Å². The van der Waals surface area contributed by atoms with Crippen LogP contribution in [0, 0.1) is 0 Å². The highest BCUT2D eigenvalue weighted by atomic mass is 32.2. The Kier molecular flexibility index (Phi) is 4.97. The molecular formula is C13H15N3O2S2. The highest BCUT2D eigenvalue weighted by molar-refractivity contribution is 8.00. The van der Waals surface area contributed by atoms with Crippen LogP contribution in [-0.4, -0.2) is 41.4 Å². The second kappa shape index (κ2) is 6.71. The fraction of sp³-hybridized carbons (Fsp3) is 0.231. The molecular weight excluding hydrogens is 294 g/mol. The lowest BCUT2D eigenvalue weighted by molar-refractivity contribution is 0.603. The summed E-state index contributed by atoms with van der Waals surface area (Å²) in [5.74, 6) is 1.23. The van der Waals surface area contributed by atoms with Gasteiger partial charge in [0.25, 0.3) is 0 Å². The summed E-state index contributed by atoms with van der Waals surface area (Å²) in [7, 11) is -2.93. The molecule has 2 rings (SSSR count). The first kappa shape index (κ1) is 14.8. The molecule has 0 bridgehead atoms. The molecule has 2 aromatic rings. The fourth-order valence-corrected chi connectivity index (χ4v) is 3.42. The van der Waals surface area contributed by atoms with Crippen LogP contribution in [0.1, 0.15) is 11.4 Å². The van der Waals surface area contributed by atoms with Gasteiger partial charge >= 0.3 is 0 Å². The molecule has 7 heteroatoms. The zero-order chi connectivity index (χ0) is 14.4. The third kappa shape index (κ3) is 5.18. The molecule has 1 aromatic carbocycles. The van der Waals surface area contributed by atoms with Crippen LogP contribution in [-0.2, 0) is 9.84 Å². The lowest BCUT2D eigenvalue weighted by Crippen LogP contribution is -2.05. The van der Waals surface area contributed by atoms with Gasteiger partial charge in [0.15, 0.2) is 0 Å². The predicted octanol–water partition coefficient (Wildman–Crippen LogP) is 2.11. The number of H-pyrrole nitrogens is 1. The van der Waals surface area contributed by atoms with Gasteiger partial charge in [0.2, 0.25) is 5.16 Å². The van der Waals surface area contributed by atoms with Gasteiger partial charge < -0.3 is 0 Å². The smallest absolute Gasteiger partial charge is 0.208 e. The van der Waals surface area contributed by atoms with Gasteiger partial charge in [0, 0.05) is 12.0 Å². The van der Waals surface area contributed by atoms with Crippen LogP contribution in [0.15, 0.2) is 35.5 Å². The molecule has 0 unspecified atom stereocenters. The van der Waals surface area contributed by atoms with Crippen molar-refractivity contribution in [3.05, 3.63) is 41.7 Å². The number of benzene rings is 1. The van der Waals surface area contributed by atoms with Gasteiger partial charge in [0.05, 0.1) is 5.75 Å². The van der Waals surface area contributed by atoms with Crippen LogP contribution >= 0.6 is 11.8 Å². The molecule has 1 heterocycles. The van der Waals surface area contributed by atoms with E-state index in [9.17, 15) is 8.42 Å². The molecule has 0 radical (unpaired) electrons. The van der Waals surface area contributed by atoms with E-state index in [4.69, 9.17) is 0 Å². The third-order valence-electron chi connectivity index (χ3n) is 2.40. The van der Waals surface area contributed by atoms with Gasteiger partial charge in [0.1, 0.15) is 15.7 Å². The molecule has 0 saturated heterocycles. The SMILES string of the molecule is CS(=O)(=O)CCSc1n[nH]c(/C=C/c2ccccc2)n1. The van der Waals surface area contributed by atoms with Crippen molar-refractivity contribution < 1.29 is 8.42 Å². The summed E-state index contributed by atoms with van der Waals surface area (Å²) in [6.07, 6.45) is 4.99. The van der Waals surface area contributed by atoms with E-state index in [0.29, 0.717) is 16.7 Å². The third-order valence-corrected chi connectivity index (χ3v) is 4.45. The fourth-order valence-electron chi connectivity index (χ4n) is 1.42. The molecule has 106 valence electrons. The van der Waals surface area contributed by atoms with E-state index >= 15 is 0 Å². The lowest BCUT2D eigenvalue weighted by Gasteiger charge is -1.94. The number of rotatable bonds is 6. The molecule has 0 aliphatic carbocycles. The highest BCUT2D eigenvalue weighted by Crippen LogP contribution is 2.13. The Balaban J connectivity index is 1.91. The topological polar surface area (TPSA) is 75.7 Å².